The van der Waals surface area contributed by atoms with E-state index < -0.39 is 0 Å². The van der Waals surface area contributed by atoms with Gasteiger partial charge in [-0.15, -0.1) is 11.8 Å². The summed E-state index contributed by atoms with van der Waals surface area (Å²) in [4.78, 5) is 17.2. The molecule has 0 saturated heterocycles. The quantitative estimate of drug-likeness (QED) is 0.597. The van der Waals surface area contributed by atoms with Crippen molar-refractivity contribution in [2.24, 2.45) is 0 Å². The molecule has 3 rings (SSSR count). The fourth-order valence-electron chi connectivity index (χ4n) is 2.32. The molecule has 5 heteroatoms. The number of thioether (sulfide) groups is 1. The molecule has 3 aromatic rings. The van der Waals surface area contributed by atoms with E-state index in [1.54, 1.807) is 18.0 Å². The zero-order valence-corrected chi connectivity index (χ0v) is 15.1. The van der Waals surface area contributed by atoms with Gasteiger partial charge in [-0.2, -0.15) is 0 Å². The second-order valence-corrected chi connectivity index (χ2v) is 6.75. The second-order valence-electron chi connectivity index (χ2n) is 5.70. The number of pyridine rings is 1. The molecule has 2 aromatic carbocycles. The molecule has 0 unspecified atom stereocenters. The second kappa shape index (κ2) is 9.75. The number of aromatic nitrogens is 1. The number of rotatable bonds is 8. The first kappa shape index (κ1) is 18.2. The Kier molecular flexibility index (Phi) is 6.81. The number of amides is 1. The Morgan fingerprint density at radius 3 is 2.46 bits per heavy atom. The lowest BCUT2D eigenvalue weighted by Crippen LogP contribution is -2.18. The van der Waals surface area contributed by atoms with E-state index in [0.29, 0.717) is 6.61 Å². The molecule has 0 atom stereocenters. The van der Waals surface area contributed by atoms with Crippen molar-refractivity contribution in [2.45, 2.75) is 17.3 Å². The van der Waals surface area contributed by atoms with E-state index in [9.17, 15) is 4.79 Å². The number of carbonyl (C=O) groups is 1. The van der Waals surface area contributed by atoms with Crippen molar-refractivity contribution in [3.63, 3.8) is 0 Å². The van der Waals surface area contributed by atoms with Crippen LogP contribution in [-0.2, 0) is 21.9 Å². The largest absolute Gasteiger partial charge is 0.367 e. The summed E-state index contributed by atoms with van der Waals surface area (Å²) in [6, 6.07) is 21.6. The van der Waals surface area contributed by atoms with E-state index in [1.807, 2.05) is 66.9 Å². The van der Waals surface area contributed by atoms with Gasteiger partial charge in [-0.05, 0) is 41.5 Å². The van der Waals surface area contributed by atoms with Gasteiger partial charge < -0.3 is 10.1 Å². The SMILES string of the molecule is O=C(COCc1ccccc1)Nc1ccc(SCc2cccnc2)cc1. The number of hydrogen-bond acceptors (Lipinski definition) is 4. The monoisotopic (exact) mass is 364 g/mol. The minimum Gasteiger partial charge on any atom is -0.367 e. The van der Waals surface area contributed by atoms with E-state index in [-0.39, 0.29) is 12.5 Å². The minimum atomic E-state index is -0.156. The molecule has 0 bridgehead atoms. The zero-order chi connectivity index (χ0) is 18.0. The fourth-order valence-corrected chi connectivity index (χ4v) is 3.15. The van der Waals surface area contributed by atoms with Crippen LogP contribution in [0.5, 0.6) is 0 Å². The minimum absolute atomic E-state index is 0.0341. The van der Waals surface area contributed by atoms with Crippen molar-refractivity contribution in [1.29, 1.82) is 0 Å². The number of nitrogens with zero attached hydrogens (tertiary/aromatic N) is 1. The predicted molar refractivity (Wildman–Crippen MR) is 105 cm³/mol. The Morgan fingerprint density at radius 1 is 0.962 bits per heavy atom. The normalized spacial score (nSPS) is 10.5. The van der Waals surface area contributed by atoms with Gasteiger partial charge in [0, 0.05) is 28.7 Å². The summed E-state index contributed by atoms with van der Waals surface area (Å²) in [5.74, 6) is 0.712. The van der Waals surface area contributed by atoms with Gasteiger partial charge in [0.05, 0.1) is 6.61 Å². The van der Waals surface area contributed by atoms with Crippen LogP contribution in [0.25, 0.3) is 0 Å². The van der Waals surface area contributed by atoms with E-state index in [2.05, 4.69) is 16.4 Å². The smallest absolute Gasteiger partial charge is 0.250 e. The molecule has 1 heterocycles. The Morgan fingerprint density at radius 2 is 1.73 bits per heavy atom. The van der Waals surface area contributed by atoms with E-state index >= 15 is 0 Å². The first-order valence-electron chi connectivity index (χ1n) is 8.33. The Balaban J connectivity index is 1.41. The Labute approximate surface area is 157 Å². The molecule has 0 fully saturated rings. The molecule has 132 valence electrons. The fraction of sp³-hybridized carbons (Fsp3) is 0.143. The highest BCUT2D eigenvalue weighted by atomic mass is 32.2. The highest BCUT2D eigenvalue weighted by molar-refractivity contribution is 7.98. The first-order valence-corrected chi connectivity index (χ1v) is 9.31. The number of anilines is 1. The number of benzene rings is 2. The van der Waals surface area contributed by atoms with Crippen LogP contribution in [0.15, 0.2) is 84.0 Å². The zero-order valence-electron chi connectivity index (χ0n) is 14.3. The lowest BCUT2D eigenvalue weighted by atomic mass is 10.2. The van der Waals surface area contributed by atoms with Gasteiger partial charge in [-0.1, -0.05) is 36.4 Å². The number of hydrogen-bond donors (Lipinski definition) is 1. The predicted octanol–water partition coefficient (Wildman–Crippen LogP) is 4.53. The Bertz CT molecular complexity index is 808. The molecule has 0 radical (unpaired) electrons. The molecule has 26 heavy (non-hydrogen) atoms. The highest BCUT2D eigenvalue weighted by Crippen LogP contribution is 2.23. The van der Waals surface area contributed by atoms with Gasteiger partial charge in [-0.25, -0.2) is 0 Å². The topological polar surface area (TPSA) is 51.2 Å². The summed E-state index contributed by atoms with van der Waals surface area (Å²) in [7, 11) is 0. The van der Waals surface area contributed by atoms with Crippen LogP contribution in [0.1, 0.15) is 11.1 Å². The van der Waals surface area contributed by atoms with E-state index in [0.717, 1.165) is 21.9 Å². The number of nitrogens with one attached hydrogen (secondary N) is 1. The van der Waals surface area contributed by atoms with Crippen molar-refractivity contribution in [3.05, 3.63) is 90.3 Å². The summed E-state index contributed by atoms with van der Waals surface area (Å²) in [6.07, 6.45) is 3.65. The third-order valence-corrected chi connectivity index (χ3v) is 4.69. The van der Waals surface area contributed by atoms with Gasteiger partial charge in [-0.3, -0.25) is 9.78 Å². The van der Waals surface area contributed by atoms with Crippen LogP contribution >= 0.6 is 11.8 Å². The van der Waals surface area contributed by atoms with Gasteiger partial charge >= 0.3 is 0 Å². The number of ether oxygens (including phenoxy) is 1. The van der Waals surface area contributed by atoms with Gasteiger partial charge in [0.15, 0.2) is 0 Å². The van der Waals surface area contributed by atoms with Crippen molar-refractivity contribution in [2.75, 3.05) is 11.9 Å². The maximum Gasteiger partial charge on any atom is 0.250 e. The van der Waals surface area contributed by atoms with Crippen LogP contribution < -0.4 is 5.32 Å². The lowest BCUT2D eigenvalue weighted by Gasteiger charge is -2.07. The highest BCUT2D eigenvalue weighted by Gasteiger charge is 2.03. The van der Waals surface area contributed by atoms with Crippen LogP contribution in [0, 0.1) is 0 Å². The van der Waals surface area contributed by atoms with Crippen LogP contribution in [0.4, 0.5) is 5.69 Å². The van der Waals surface area contributed by atoms with Gasteiger partial charge in [0.1, 0.15) is 6.61 Å². The standard InChI is InChI=1S/C21H20N2O2S/c24-21(15-25-14-17-5-2-1-3-6-17)23-19-8-10-20(11-9-19)26-16-18-7-4-12-22-13-18/h1-13H,14-16H2,(H,23,24). The summed E-state index contributed by atoms with van der Waals surface area (Å²) in [5.41, 5.74) is 3.00. The average Bonchev–Trinajstić information content (AvgIpc) is 2.69. The summed E-state index contributed by atoms with van der Waals surface area (Å²) < 4.78 is 5.44. The van der Waals surface area contributed by atoms with E-state index in [4.69, 9.17) is 4.74 Å². The molecule has 1 aromatic heterocycles. The summed E-state index contributed by atoms with van der Waals surface area (Å²) in [6.45, 7) is 0.463. The lowest BCUT2D eigenvalue weighted by molar-refractivity contribution is -0.121. The number of carbonyl (C=O) groups excluding carboxylic acids is 1. The first-order chi connectivity index (χ1) is 12.8. The van der Waals surface area contributed by atoms with Gasteiger partial charge in [0.2, 0.25) is 5.91 Å². The molecule has 0 aliphatic heterocycles. The molecule has 4 nitrogen and oxygen atoms in total. The van der Waals surface area contributed by atoms with Crippen LogP contribution in [0.3, 0.4) is 0 Å². The van der Waals surface area contributed by atoms with Crippen molar-refractivity contribution >= 4 is 23.4 Å². The molecule has 1 amide bonds. The van der Waals surface area contributed by atoms with Crippen molar-refractivity contribution in [1.82, 2.24) is 4.98 Å². The Hall–Kier alpha value is -2.63. The average molecular weight is 364 g/mol. The molecular formula is C21H20N2O2S. The summed E-state index contributed by atoms with van der Waals surface area (Å²) >= 11 is 1.74. The molecule has 1 N–H and O–H groups in total. The maximum absolute atomic E-state index is 12.0. The third kappa shape index (κ3) is 6.02. The summed E-state index contributed by atoms with van der Waals surface area (Å²) in [5, 5.41) is 2.85. The maximum atomic E-state index is 12.0. The van der Waals surface area contributed by atoms with Crippen molar-refractivity contribution < 1.29 is 9.53 Å². The molecule has 0 saturated carbocycles. The molecule has 0 spiro atoms. The van der Waals surface area contributed by atoms with E-state index in [1.165, 1.54) is 5.56 Å². The third-order valence-electron chi connectivity index (χ3n) is 3.61. The molecular weight excluding hydrogens is 344 g/mol. The molecule has 0 aliphatic carbocycles. The molecule has 0 aliphatic rings. The van der Waals surface area contributed by atoms with Crippen LogP contribution in [0.2, 0.25) is 0 Å². The van der Waals surface area contributed by atoms with Crippen molar-refractivity contribution in [3.8, 4) is 0 Å². The van der Waals surface area contributed by atoms with Gasteiger partial charge in [0.25, 0.3) is 0 Å². The van der Waals surface area contributed by atoms with Crippen LogP contribution in [-0.4, -0.2) is 17.5 Å².